The number of carbonyl (C=O) groups is 7. The zero-order valence-corrected chi connectivity index (χ0v) is 40.2. The summed E-state index contributed by atoms with van der Waals surface area (Å²) in [6.45, 7) is 17.7. The Kier molecular flexibility index (Phi) is 29.4. The summed E-state index contributed by atoms with van der Waals surface area (Å²) in [6, 6.07) is 12.5. The molecule has 0 aliphatic carbocycles. The molecule has 19 nitrogen and oxygen atoms in total. The van der Waals surface area contributed by atoms with Gasteiger partial charge in [-0.05, 0) is 42.0 Å². The van der Waals surface area contributed by atoms with Crippen molar-refractivity contribution >= 4 is 79.0 Å². The second kappa shape index (κ2) is 32.1. The average Bonchev–Trinajstić information content (AvgIpc) is 3.57. The van der Waals surface area contributed by atoms with E-state index in [1.165, 1.54) is 36.8 Å². The number of rotatable bonds is 18. The number of hydrogen-bond acceptors (Lipinski definition) is 13. The fourth-order valence-electron chi connectivity index (χ4n) is 5.40. The summed E-state index contributed by atoms with van der Waals surface area (Å²) in [5, 5.41) is 46.3. The standard InChI is InChI=1S/C20H23BCl2N2O9.C15H17BN4O4.C4H10.2C2H6/c1-10(2)5-14(21-33-19(32)20(34-21,7-16(27)28)8-17(29)30)25-15(26)9-24-18(31)12-6-11(22)3-4-13(12)23;21-14(19-10-16(23)24)12(8-11-4-2-1-3-5-11)20-15(22)13-9-17-6-7-18-13;1-4(2)3;2*1-2/h3-4,6,10,14H,5,7-9H2,1-2H3,(H,24,31)(H,25,26)(H,27,28)(H,29,30);1-7,9,12,23-24H,8,10H2,(H,19,21)(H,20,22);4H,1-3H3;2*1-2H3/t14-;;;;/m0..../s1. The molecule has 1 aromatic heterocycles. The first-order chi connectivity index (χ1) is 31.1. The van der Waals surface area contributed by atoms with Gasteiger partial charge in [0, 0.05) is 23.8 Å². The summed E-state index contributed by atoms with van der Waals surface area (Å²) in [6.07, 6.45) is 2.43. The highest BCUT2D eigenvalue weighted by atomic mass is 35.5. The molecule has 1 unspecified atom stereocenters. The number of nitrogens with one attached hydrogen (secondary N) is 4. The van der Waals surface area contributed by atoms with Gasteiger partial charge in [-0.2, -0.15) is 0 Å². The van der Waals surface area contributed by atoms with Crippen molar-refractivity contribution in [1.82, 2.24) is 31.2 Å². The molecule has 0 spiro atoms. The molecule has 0 saturated carbocycles. The van der Waals surface area contributed by atoms with Gasteiger partial charge in [0.2, 0.25) is 11.8 Å². The minimum atomic E-state index is -2.22. The molecule has 23 heteroatoms. The number of amides is 4. The van der Waals surface area contributed by atoms with Crippen molar-refractivity contribution < 1.29 is 63.1 Å². The highest BCUT2D eigenvalue weighted by Crippen LogP contribution is 2.32. The average molecular weight is 964 g/mol. The van der Waals surface area contributed by atoms with Crippen molar-refractivity contribution in [3.05, 3.63) is 94.0 Å². The lowest BCUT2D eigenvalue weighted by atomic mass is 9.74. The van der Waals surface area contributed by atoms with Gasteiger partial charge < -0.3 is 50.8 Å². The molecule has 1 aliphatic rings. The Morgan fingerprint density at radius 3 is 1.94 bits per heavy atom. The highest BCUT2D eigenvalue weighted by molar-refractivity contribution is 6.52. The molecule has 362 valence electrons. The van der Waals surface area contributed by atoms with Crippen molar-refractivity contribution in [3.8, 4) is 0 Å². The highest BCUT2D eigenvalue weighted by Gasteiger charge is 2.58. The third-order valence-corrected chi connectivity index (χ3v) is 8.52. The number of benzene rings is 2. The second-order valence-electron chi connectivity index (χ2n) is 14.9. The molecule has 2 aromatic carbocycles. The van der Waals surface area contributed by atoms with Crippen molar-refractivity contribution in [2.45, 2.75) is 106 Å². The van der Waals surface area contributed by atoms with Crippen LogP contribution >= 0.6 is 23.2 Å². The van der Waals surface area contributed by atoms with Gasteiger partial charge in [0.05, 0.1) is 48.6 Å². The van der Waals surface area contributed by atoms with E-state index in [1.54, 1.807) is 0 Å². The summed E-state index contributed by atoms with van der Waals surface area (Å²) in [4.78, 5) is 91.8. The first-order valence-corrected chi connectivity index (χ1v) is 22.0. The minimum Gasteiger partial charge on any atom is -0.506 e. The predicted octanol–water partition coefficient (Wildman–Crippen LogP) is 4.20. The lowest BCUT2D eigenvalue weighted by Crippen LogP contribution is -2.51. The van der Waals surface area contributed by atoms with Gasteiger partial charge in [-0.3, -0.25) is 38.5 Å². The molecule has 0 radical (unpaired) electrons. The van der Waals surface area contributed by atoms with E-state index < -0.39 is 92.7 Å². The third kappa shape index (κ3) is 23.5. The number of carboxylic acids is 2. The fourth-order valence-corrected chi connectivity index (χ4v) is 5.78. The molecule has 2 heterocycles. The van der Waals surface area contributed by atoms with Crippen LogP contribution in [0.2, 0.25) is 10.0 Å². The smallest absolute Gasteiger partial charge is 0.506 e. The van der Waals surface area contributed by atoms with Gasteiger partial charge in [0.15, 0.2) is 5.60 Å². The first-order valence-electron chi connectivity index (χ1n) is 21.2. The van der Waals surface area contributed by atoms with Gasteiger partial charge >= 0.3 is 32.1 Å². The zero-order valence-electron chi connectivity index (χ0n) is 38.7. The molecule has 8 N–H and O–H groups in total. The summed E-state index contributed by atoms with van der Waals surface area (Å²) in [7, 11) is -3.09. The predicted molar refractivity (Wildman–Crippen MR) is 250 cm³/mol. The molecule has 4 amide bonds. The monoisotopic (exact) mass is 962 g/mol. The second-order valence-corrected chi connectivity index (χ2v) is 15.7. The Hall–Kier alpha value is -5.60. The SMILES string of the molecule is CC.CC.CC(C)C.CC(C)C[C@H](NC(=O)CNC(=O)c1cc(Cl)ccc1Cl)B1OC(=O)C(CC(=O)O)(CC(=O)O)O1.O=C(NC(Cc1ccccc1)C(=O)NCB(O)O)c1cnccn1. The van der Waals surface area contributed by atoms with E-state index in [0.717, 1.165) is 11.5 Å². The Morgan fingerprint density at radius 2 is 1.42 bits per heavy atom. The van der Waals surface area contributed by atoms with Crippen LogP contribution in [-0.4, -0.2) is 117 Å². The number of aromatic nitrogens is 2. The van der Waals surface area contributed by atoms with E-state index >= 15 is 0 Å². The van der Waals surface area contributed by atoms with Crippen molar-refractivity contribution in [2.24, 2.45) is 11.8 Å². The van der Waals surface area contributed by atoms with E-state index in [9.17, 15) is 33.6 Å². The molecule has 4 rings (SSSR count). The number of carboxylic acid groups (broad SMARTS) is 2. The van der Waals surface area contributed by atoms with Gasteiger partial charge in [-0.15, -0.1) is 0 Å². The number of halogens is 2. The van der Waals surface area contributed by atoms with E-state index in [-0.39, 0.29) is 46.5 Å². The van der Waals surface area contributed by atoms with E-state index in [2.05, 4.69) is 52.0 Å². The van der Waals surface area contributed by atoms with Crippen LogP contribution in [0.3, 0.4) is 0 Å². The fraction of sp³-hybridized carbons (Fsp3) is 0.465. The largest absolute Gasteiger partial charge is 0.552 e. The summed E-state index contributed by atoms with van der Waals surface area (Å²) in [5.41, 5.74) is -1.21. The topological polar surface area (TPSA) is 293 Å². The number of aliphatic carboxylic acids is 2. The molecule has 1 fully saturated rings. The maximum atomic E-state index is 12.5. The van der Waals surface area contributed by atoms with Crippen LogP contribution in [0.25, 0.3) is 0 Å². The van der Waals surface area contributed by atoms with E-state index in [0.29, 0.717) is 0 Å². The molecular weight excluding hydrogens is 901 g/mol. The molecular formula is C43H62B2Cl2N6O13. The van der Waals surface area contributed by atoms with Crippen LogP contribution < -0.4 is 21.3 Å². The lowest BCUT2D eigenvalue weighted by Gasteiger charge is -2.24. The Bertz CT molecular complexity index is 1970. The third-order valence-electron chi connectivity index (χ3n) is 7.95. The number of carbonyl (C=O) groups excluding carboxylic acids is 5. The summed E-state index contributed by atoms with van der Waals surface area (Å²) in [5.74, 6) is -6.55. The van der Waals surface area contributed by atoms with Gasteiger partial charge in [0.1, 0.15) is 11.7 Å². The van der Waals surface area contributed by atoms with Crippen molar-refractivity contribution in [2.75, 3.05) is 13.0 Å². The van der Waals surface area contributed by atoms with Crippen LogP contribution in [-0.2, 0) is 39.7 Å². The van der Waals surface area contributed by atoms with Crippen LogP contribution in [0, 0.1) is 11.8 Å². The molecule has 1 saturated heterocycles. The molecule has 1 aliphatic heterocycles. The molecule has 66 heavy (non-hydrogen) atoms. The molecule has 3 aromatic rings. The quantitative estimate of drug-likeness (QED) is 0.0829. The van der Waals surface area contributed by atoms with E-state index in [4.69, 9.17) is 52.8 Å². The molecule has 2 atom stereocenters. The van der Waals surface area contributed by atoms with Gasteiger partial charge in [-0.1, -0.05) is 116 Å². The molecule has 0 bridgehead atoms. The zero-order chi connectivity index (χ0) is 50.6. The maximum absolute atomic E-state index is 12.5. The Morgan fingerprint density at radius 1 is 0.833 bits per heavy atom. The number of hydrogen-bond donors (Lipinski definition) is 8. The van der Waals surface area contributed by atoms with Crippen molar-refractivity contribution in [1.29, 1.82) is 0 Å². The lowest BCUT2D eigenvalue weighted by molar-refractivity contribution is -0.157. The van der Waals surface area contributed by atoms with Crippen LogP contribution in [0.1, 0.15) is 108 Å². The van der Waals surface area contributed by atoms with Crippen LogP contribution in [0.5, 0.6) is 0 Å². The summed E-state index contributed by atoms with van der Waals surface area (Å²) < 4.78 is 10.6. The van der Waals surface area contributed by atoms with Crippen LogP contribution in [0.15, 0.2) is 67.1 Å². The number of nitrogens with zero attached hydrogens (tertiary/aromatic N) is 2. The summed E-state index contributed by atoms with van der Waals surface area (Å²) >= 11 is 11.8. The van der Waals surface area contributed by atoms with E-state index in [1.807, 2.05) is 71.9 Å². The van der Waals surface area contributed by atoms with Gasteiger partial charge in [0.25, 0.3) is 11.8 Å². The maximum Gasteiger partial charge on any atom is 0.552 e. The Balaban J connectivity index is 0.00000115. The first kappa shape index (κ1) is 60.4. The van der Waals surface area contributed by atoms with Crippen LogP contribution in [0.4, 0.5) is 0 Å². The normalized spacial score (nSPS) is 12.9. The minimum absolute atomic E-state index is 0.0265. The Labute approximate surface area is 396 Å². The van der Waals surface area contributed by atoms with Crippen molar-refractivity contribution in [3.63, 3.8) is 0 Å². The van der Waals surface area contributed by atoms with Gasteiger partial charge in [-0.25, -0.2) is 4.98 Å².